The third-order valence-corrected chi connectivity index (χ3v) is 5.70. The number of aromatic amines is 1. The highest BCUT2D eigenvalue weighted by Crippen LogP contribution is 2.32. The van der Waals surface area contributed by atoms with E-state index in [2.05, 4.69) is 86.2 Å². The molecule has 5 heteroatoms. The molecular weight excluding hydrogens is 358 g/mol. The number of nitrogens with zero attached hydrogens (tertiary/aromatic N) is 4. The molecule has 0 aliphatic carbocycles. The molecule has 1 N–H and O–H groups in total. The topological polar surface area (TPSA) is 57.7 Å². The van der Waals surface area contributed by atoms with Crippen molar-refractivity contribution in [2.75, 3.05) is 19.6 Å². The molecule has 4 rings (SSSR count). The molecule has 150 valence electrons. The Morgan fingerprint density at radius 2 is 1.48 bits per heavy atom. The van der Waals surface area contributed by atoms with Crippen LogP contribution in [0.1, 0.15) is 49.1 Å². The molecule has 1 aromatic heterocycles. The lowest BCUT2D eigenvalue weighted by Gasteiger charge is -2.30. The van der Waals surface area contributed by atoms with E-state index in [1.54, 1.807) is 5.57 Å². The number of aryl methyl sites for hydroxylation is 1. The Morgan fingerprint density at radius 1 is 0.828 bits per heavy atom. The highest BCUT2D eigenvalue weighted by Gasteiger charge is 2.18. The Labute approximate surface area is 172 Å². The second-order valence-electron chi connectivity index (χ2n) is 7.69. The van der Waals surface area contributed by atoms with E-state index < -0.39 is 0 Å². The van der Waals surface area contributed by atoms with E-state index >= 15 is 0 Å². The molecule has 0 saturated carbocycles. The zero-order chi connectivity index (χ0) is 19.7. The zero-order valence-electron chi connectivity index (χ0n) is 16.9. The summed E-state index contributed by atoms with van der Waals surface area (Å²) in [6, 6.07) is 21.7. The van der Waals surface area contributed by atoms with Crippen LogP contribution in [-0.2, 0) is 6.42 Å². The Hall–Kier alpha value is -2.79. The summed E-state index contributed by atoms with van der Waals surface area (Å²) >= 11 is 0. The first kappa shape index (κ1) is 19.5. The van der Waals surface area contributed by atoms with Crippen LogP contribution >= 0.6 is 0 Å². The van der Waals surface area contributed by atoms with Crippen molar-refractivity contribution < 1.29 is 0 Å². The fraction of sp³-hybridized carbons (Fsp3) is 0.375. The Balaban J connectivity index is 1.33. The van der Waals surface area contributed by atoms with Crippen molar-refractivity contribution in [3.63, 3.8) is 0 Å². The SMILES string of the molecule is c1ccc(C(=C2CCN(CCCCCc3nn[nH]n3)CC2)c2ccccc2)cc1. The summed E-state index contributed by atoms with van der Waals surface area (Å²) in [5.41, 5.74) is 5.70. The van der Waals surface area contributed by atoms with Crippen LogP contribution in [0.15, 0.2) is 66.2 Å². The number of nitrogens with one attached hydrogen (secondary N) is 1. The van der Waals surface area contributed by atoms with Crippen molar-refractivity contribution >= 4 is 5.57 Å². The van der Waals surface area contributed by atoms with Crippen LogP contribution in [0.25, 0.3) is 5.57 Å². The third kappa shape index (κ3) is 5.39. The van der Waals surface area contributed by atoms with Crippen LogP contribution in [0.4, 0.5) is 0 Å². The Bertz CT molecular complexity index is 836. The van der Waals surface area contributed by atoms with Crippen molar-refractivity contribution in [2.24, 2.45) is 0 Å². The van der Waals surface area contributed by atoms with Gasteiger partial charge in [-0.3, -0.25) is 0 Å². The largest absolute Gasteiger partial charge is 0.303 e. The molecule has 3 aromatic rings. The standard InChI is InChI=1S/C24H29N5/c1-4-10-20(11-5-1)24(21-12-6-2-7-13-21)22-15-18-29(19-16-22)17-9-3-8-14-23-25-27-28-26-23/h1-2,4-7,10-13H,3,8-9,14-19H2,(H,25,26,27,28). The lowest BCUT2D eigenvalue weighted by molar-refractivity contribution is 0.251. The summed E-state index contributed by atoms with van der Waals surface area (Å²) in [5, 5.41) is 14.2. The molecule has 1 aliphatic rings. The van der Waals surface area contributed by atoms with E-state index in [4.69, 9.17) is 0 Å². The van der Waals surface area contributed by atoms with Gasteiger partial charge in [0.1, 0.15) is 0 Å². The average Bonchev–Trinajstić information content (AvgIpc) is 3.30. The lowest BCUT2D eigenvalue weighted by atomic mass is 9.88. The molecule has 0 unspecified atom stereocenters. The second kappa shape index (κ2) is 10.1. The van der Waals surface area contributed by atoms with E-state index in [9.17, 15) is 0 Å². The van der Waals surface area contributed by atoms with Gasteiger partial charge in [0.25, 0.3) is 0 Å². The Morgan fingerprint density at radius 3 is 2.07 bits per heavy atom. The van der Waals surface area contributed by atoms with Gasteiger partial charge in [-0.1, -0.05) is 77.9 Å². The summed E-state index contributed by atoms with van der Waals surface area (Å²) in [4.78, 5) is 2.62. The van der Waals surface area contributed by atoms with Crippen molar-refractivity contribution in [3.8, 4) is 0 Å². The minimum absolute atomic E-state index is 0.826. The van der Waals surface area contributed by atoms with Gasteiger partial charge in [-0.15, -0.1) is 10.2 Å². The molecule has 0 amide bonds. The molecule has 1 fully saturated rings. The van der Waals surface area contributed by atoms with Crippen molar-refractivity contribution in [1.82, 2.24) is 25.5 Å². The van der Waals surface area contributed by atoms with E-state index in [0.717, 1.165) is 44.6 Å². The number of unbranched alkanes of at least 4 members (excludes halogenated alkanes) is 2. The maximum Gasteiger partial charge on any atom is 0.174 e. The number of rotatable bonds is 8. The first-order valence-corrected chi connectivity index (χ1v) is 10.7. The molecule has 2 heterocycles. The normalized spacial score (nSPS) is 14.8. The van der Waals surface area contributed by atoms with Gasteiger partial charge in [-0.25, -0.2) is 0 Å². The quantitative estimate of drug-likeness (QED) is 0.578. The number of hydrogen-bond acceptors (Lipinski definition) is 4. The molecule has 0 spiro atoms. The summed E-state index contributed by atoms with van der Waals surface area (Å²) in [5.74, 6) is 0.826. The minimum atomic E-state index is 0.826. The van der Waals surface area contributed by atoms with Gasteiger partial charge in [-0.05, 0) is 48.9 Å². The van der Waals surface area contributed by atoms with Gasteiger partial charge < -0.3 is 4.90 Å². The predicted molar refractivity (Wildman–Crippen MR) is 116 cm³/mol. The van der Waals surface area contributed by atoms with Crippen LogP contribution in [-0.4, -0.2) is 45.2 Å². The van der Waals surface area contributed by atoms with Crippen LogP contribution in [0.3, 0.4) is 0 Å². The number of tetrazole rings is 1. The molecule has 0 bridgehead atoms. The number of piperidine rings is 1. The molecule has 29 heavy (non-hydrogen) atoms. The number of benzene rings is 2. The lowest BCUT2D eigenvalue weighted by Crippen LogP contribution is -2.32. The molecule has 0 radical (unpaired) electrons. The van der Waals surface area contributed by atoms with Crippen LogP contribution < -0.4 is 0 Å². The highest BCUT2D eigenvalue weighted by molar-refractivity contribution is 5.82. The monoisotopic (exact) mass is 387 g/mol. The first-order chi connectivity index (χ1) is 14.4. The van der Waals surface area contributed by atoms with Gasteiger partial charge in [0.2, 0.25) is 0 Å². The molecule has 5 nitrogen and oxygen atoms in total. The first-order valence-electron chi connectivity index (χ1n) is 10.7. The zero-order valence-corrected chi connectivity index (χ0v) is 16.9. The summed E-state index contributed by atoms with van der Waals surface area (Å²) in [7, 11) is 0. The average molecular weight is 388 g/mol. The summed E-state index contributed by atoms with van der Waals surface area (Å²) in [6.45, 7) is 3.50. The van der Waals surface area contributed by atoms with E-state index in [1.165, 1.54) is 36.1 Å². The summed E-state index contributed by atoms with van der Waals surface area (Å²) < 4.78 is 0. The fourth-order valence-electron chi connectivity index (χ4n) is 4.16. The van der Waals surface area contributed by atoms with Gasteiger partial charge in [0, 0.05) is 19.5 Å². The Kier molecular flexibility index (Phi) is 6.81. The van der Waals surface area contributed by atoms with E-state index in [1.807, 2.05) is 0 Å². The molecule has 0 atom stereocenters. The molecule has 2 aromatic carbocycles. The van der Waals surface area contributed by atoms with Crippen LogP contribution in [0.5, 0.6) is 0 Å². The van der Waals surface area contributed by atoms with Gasteiger partial charge >= 0.3 is 0 Å². The number of hydrogen-bond donors (Lipinski definition) is 1. The van der Waals surface area contributed by atoms with Crippen molar-refractivity contribution in [3.05, 3.63) is 83.2 Å². The number of likely N-dealkylation sites (tertiary alicyclic amines) is 1. The smallest absolute Gasteiger partial charge is 0.174 e. The van der Waals surface area contributed by atoms with Gasteiger partial charge in [0.15, 0.2) is 5.82 Å². The van der Waals surface area contributed by atoms with Crippen molar-refractivity contribution in [1.29, 1.82) is 0 Å². The fourth-order valence-corrected chi connectivity index (χ4v) is 4.16. The maximum absolute atomic E-state index is 4.02. The summed E-state index contributed by atoms with van der Waals surface area (Å²) in [6.07, 6.45) is 6.81. The van der Waals surface area contributed by atoms with Gasteiger partial charge in [-0.2, -0.15) is 5.21 Å². The van der Waals surface area contributed by atoms with Crippen LogP contribution in [0, 0.1) is 0 Å². The van der Waals surface area contributed by atoms with Crippen LogP contribution in [0.2, 0.25) is 0 Å². The number of H-pyrrole nitrogens is 1. The molecule has 1 saturated heterocycles. The van der Waals surface area contributed by atoms with E-state index in [0.29, 0.717) is 0 Å². The molecule has 1 aliphatic heterocycles. The molecular formula is C24H29N5. The maximum atomic E-state index is 4.02. The number of aromatic nitrogens is 4. The second-order valence-corrected chi connectivity index (χ2v) is 7.69. The minimum Gasteiger partial charge on any atom is -0.303 e. The highest BCUT2D eigenvalue weighted by atomic mass is 15.5. The predicted octanol–water partition coefficient (Wildman–Crippen LogP) is 4.51. The van der Waals surface area contributed by atoms with E-state index in [-0.39, 0.29) is 0 Å². The third-order valence-electron chi connectivity index (χ3n) is 5.70. The van der Waals surface area contributed by atoms with Crippen molar-refractivity contribution in [2.45, 2.75) is 38.5 Å². The van der Waals surface area contributed by atoms with Gasteiger partial charge in [0.05, 0.1) is 0 Å².